The molecule has 4 nitrogen and oxygen atoms in total. The topological polar surface area (TPSA) is 46.1 Å². The van der Waals surface area contributed by atoms with Crippen LogP contribution in [-0.2, 0) is 24.4 Å². The molecule has 0 bridgehead atoms. The van der Waals surface area contributed by atoms with Crippen molar-refractivity contribution >= 4 is 5.91 Å². The van der Waals surface area contributed by atoms with Gasteiger partial charge in [0.05, 0.1) is 0 Å². The van der Waals surface area contributed by atoms with E-state index in [1.807, 2.05) is 53.4 Å². The molecule has 2 N–H and O–H groups in total. The Bertz CT molecular complexity index is 548. The Hall–Kier alpha value is -2.07. The number of nitrogens with one attached hydrogen (secondary N) is 2. The lowest BCUT2D eigenvalue weighted by Crippen LogP contribution is -2.26. The van der Waals surface area contributed by atoms with Crippen LogP contribution in [0, 0.1) is 0 Å². The Kier molecular flexibility index (Phi) is 6.03. The van der Waals surface area contributed by atoms with E-state index in [0.717, 1.165) is 25.1 Å². The first kappa shape index (κ1) is 15.3. The van der Waals surface area contributed by atoms with Gasteiger partial charge in [0.15, 0.2) is 0 Å². The number of hydrogen-bond acceptors (Lipinski definition) is 2. The molecule has 2 aromatic rings. The van der Waals surface area contributed by atoms with Gasteiger partial charge in [-0.15, -0.1) is 0 Å². The molecule has 0 radical (unpaired) electrons. The van der Waals surface area contributed by atoms with Crippen molar-refractivity contribution in [1.29, 1.82) is 0 Å². The molecule has 0 saturated carbocycles. The van der Waals surface area contributed by atoms with Gasteiger partial charge in [0.2, 0.25) is 5.91 Å². The average Bonchev–Trinajstić information content (AvgIpc) is 2.94. The second-order valence-electron chi connectivity index (χ2n) is 5.13. The largest absolute Gasteiger partial charge is 0.350 e. The lowest BCUT2D eigenvalue weighted by atomic mass is 10.2. The molecule has 1 heterocycles. The Balaban J connectivity index is 1.75. The van der Waals surface area contributed by atoms with E-state index in [-0.39, 0.29) is 5.91 Å². The van der Waals surface area contributed by atoms with Crippen LogP contribution in [-0.4, -0.2) is 17.0 Å². The molecule has 0 aliphatic carbocycles. The number of carbonyl (C=O) groups is 1. The average molecular weight is 285 g/mol. The molecule has 21 heavy (non-hydrogen) atoms. The number of hydrogen-bond donors (Lipinski definition) is 2. The predicted octanol–water partition coefficient (Wildman–Crippen LogP) is 2.30. The minimum Gasteiger partial charge on any atom is -0.350 e. The molecule has 0 unspecified atom stereocenters. The molecule has 1 aromatic carbocycles. The maximum absolute atomic E-state index is 11.9. The van der Waals surface area contributed by atoms with Crippen molar-refractivity contribution in [2.75, 3.05) is 6.54 Å². The Morgan fingerprint density at radius 2 is 1.90 bits per heavy atom. The summed E-state index contributed by atoms with van der Waals surface area (Å²) in [6.45, 7) is 4.96. The van der Waals surface area contributed by atoms with Crippen molar-refractivity contribution in [3.63, 3.8) is 0 Å². The molecule has 1 amide bonds. The van der Waals surface area contributed by atoms with Crippen molar-refractivity contribution in [2.45, 2.75) is 33.0 Å². The zero-order valence-corrected chi connectivity index (χ0v) is 12.5. The highest BCUT2D eigenvalue weighted by Gasteiger charge is 2.03. The number of carbonyl (C=O) groups excluding carboxylic acids is 1. The monoisotopic (exact) mass is 285 g/mol. The quantitative estimate of drug-likeness (QED) is 0.731. The minimum atomic E-state index is 0.0301. The lowest BCUT2D eigenvalue weighted by Gasteiger charge is -2.06. The highest BCUT2D eigenvalue weighted by atomic mass is 16.1. The molecule has 4 heteroatoms. The first-order valence-corrected chi connectivity index (χ1v) is 7.44. The number of nitrogens with zero attached hydrogens (tertiary/aromatic N) is 1. The van der Waals surface area contributed by atoms with E-state index in [9.17, 15) is 4.79 Å². The van der Waals surface area contributed by atoms with Crippen LogP contribution in [0.15, 0.2) is 48.8 Å². The third-order valence-electron chi connectivity index (χ3n) is 3.23. The van der Waals surface area contributed by atoms with Gasteiger partial charge in [-0.05, 0) is 30.2 Å². The molecule has 1 aromatic heterocycles. The number of amides is 1. The van der Waals surface area contributed by atoms with Crippen LogP contribution in [0.3, 0.4) is 0 Å². The SMILES string of the molecule is CCCNCc1ccn(CC(=O)NCc2ccccc2)c1. The smallest absolute Gasteiger partial charge is 0.240 e. The lowest BCUT2D eigenvalue weighted by molar-refractivity contribution is -0.121. The fourth-order valence-corrected chi connectivity index (χ4v) is 2.12. The van der Waals surface area contributed by atoms with Crippen LogP contribution in [0.2, 0.25) is 0 Å². The first-order chi connectivity index (χ1) is 10.3. The standard InChI is InChI=1S/C17H23N3O/c1-2-9-18-11-16-8-10-20(13-16)14-17(21)19-12-15-6-4-3-5-7-15/h3-8,10,13,18H,2,9,11-12,14H2,1H3,(H,19,21). The Labute approximate surface area is 126 Å². The third kappa shape index (κ3) is 5.44. The minimum absolute atomic E-state index is 0.0301. The summed E-state index contributed by atoms with van der Waals surface area (Å²) in [6.07, 6.45) is 5.10. The number of benzene rings is 1. The van der Waals surface area contributed by atoms with E-state index in [1.165, 1.54) is 5.56 Å². The van der Waals surface area contributed by atoms with E-state index in [4.69, 9.17) is 0 Å². The van der Waals surface area contributed by atoms with E-state index in [0.29, 0.717) is 13.1 Å². The highest BCUT2D eigenvalue weighted by molar-refractivity contribution is 5.75. The molecule has 2 rings (SSSR count). The molecule has 0 aliphatic heterocycles. The Morgan fingerprint density at radius 1 is 1.10 bits per heavy atom. The third-order valence-corrected chi connectivity index (χ3v) is 3.23. The molecule has 0 spiro atoms. The fourth-order valence-electron chi connectivity index (χ4n) is 2.12. The summed E-state index contributed by atoms with van der Waals surface area (Å²) < 4.78 is 1.92. The summed E-state index contributed by atoms with van der Waals surface area (Å²) in [5.41, 5.74) is 2.32. The second kappa shape index (κ2) is 8.27. The predicted molar refractivity (Wildman–Crippen MR) is 84.7 cm³/mol. The van der Waals surface area contributed by atoms with Crippen molar-refractivity contribution < 1.29 is 4.79 Å². The van der Waals surface area contributed by atoms with Crippen molar-refractivity contribution in [3.8, 4) is 0 Å². The zero-order valence-electron chi connectivity index (χ0n) is 12.5. The van der Waals surface area contributed by atoms with Crippen LogP contribution in [0.4, 0.5) is 0 Å². The molecular formula is C17H23N3O. The van der Waals surface area contributed by atoms with E-state index in [1.54, 1.807) is 0 Å². The van der Waals surface area contributed by atoms with E-state index < -0.39 is 0 Å². The molecule has 0 fully saturated rings. The summed E-state index contributed by atoms with van der Waals surface area (Å²) in [4.78, 5) is 11.9. The first-order valence-electron chi connectivity index (χ1n) is 7.44. The summed E-state index contributed by atoms with van der Waals surface area (Å²) in [5, 5.41) is 6.28. The van der Waals surface area contributed by atoms with Gasteiger partial charge < -0.3 is 15.2 Å². The summed E-state index contributed by atoms with van der Waals surface area (Å²) in [6, 6.07) is 12.0. The van der Waals surface area contributed by atoms with Crippen LogP contribution in [0.25, 0.3) is 0 Å². The maximum atomic E-state index is 11.9. The van der Waals surface area contributed by atoms with Crippen molar-refractivity contribution in [1.82, 2.24) is 15.2 Å². The molecular weight excluding hydrogens is 262 g/mol. The van der Waals surface area contributed by atoms with Crippen LogP contribution in [0.5, 0.6) is 0 Å². The zero-order chi connectivity index (χ0) is 14.9. The number of aromatic nitrogens is 1. The van der Waals surface area contributed by atoms with Crippen molar-refractivity contribution in [3.05, 3.63) is 59.9 Å². The van der Waals surface area contributed by atoms with Crippen LogP contribution >= 0.6 is 0 Å². The van der Waals surface area contributed by atoms with Gasteiger partial charge in [0, 0.05) is 25.5 Å². The van der Waals surface area contributed by atoms with E-state index >= 15 is 0 Å². The molecule has 0 atom stereocenters. The highest BCUT2D eigenvalue weighted by Crippen LogP contribution is 2.02. The molecule has 112 valence electrons. The summed E-state index contributed by atoms with van der Waals surface area (Å²) in [5.74, 6) is 0.0301. The number of rotatable bonds is 8. The van der Waals surface area contributed by atoms with Gasteiger partial charge in [-0.2, -0.15) is 0 Å². The van der Waals surface area contributed by atoms with Gasteiger partial charge in [-0.3, -0.25) is 4.79 Å². The molecule has 0 saturated heterocycles. The van der Waals surface area contributed by atoms with Crippen LogP contribution in [0.1, 0.15) is 24.5 Å². The second-order valence-corrected chi connectivity index (χ2v) is 5.13. The Morgan fingerprint density at radius 3 is 2.67 bits per heavy atom. The van der Waals surface area contributed by atoms with Gasteiger partial charge in [-0.25, -0.2) is 0 Å². The van der Waals surface area contributed by atoms with Gasteiger partial charge in [0.1, 0.15) is 6.54 Å². The van der Waals surface area contributed by atoms with Crippen molar-refractivity contribution in [2.24, 2.45) is 0 Å². The van der Waals surface area contributed by atoms with Gasteiger partial charge in [-0.1, -0.05) is 37.3 Å². The van der Waals surface area contributed by atoms with Crippen LogP contribution < -0.4 is 10.6 Å². The fraction of sp³-hybridized carbons (Fsp3) is 0.353. The molecule has 0 aliphatic rings. The summed E-state index contributed by atoms with van der Waals surface area (Å²) >= 11 is 0. The van der Waals surface area contributed by atoms with Gasteiger partial charge >= 0.3 is 0 Å². The maximum Gasteiger partial charge on any atom is 0.240 e. The van der Waals surface area contributed by atoms with E-state index in [2.05, 4.69) is 17.6 Å². The van der Waals surface area contributed by atoms with Gasteiger partial charge in [0.25, 0.3) is 0 Å². The normalized spacial score (nSPS) is 10.5. The summed E-state index contributed by atoms with van der Waals surface area (Å²) in [7, 11) is 0.